The summed E-state index contributed by atoms with van der Waals surface area (Å²) in [5, 5.41) is 6.65. The van der Waals surface area contributed by atoms with E-state index in [1.54, 1.807) is 11.3 Å². The Morgan fingerprint density at radius 3 is 3.06 bits per heavy atom. The van der Waals surface area contributed by atoms with Crippen LogP contribution in [0.2, 0.25) is 0 Å². The molecular weight excluding hydrogens is 230 g/mol. The van der Waals surface area contributed by atoms with Gasteiger partial charge in [0.2, 0.25) is 0 Å². The third-order valence-corrected chi connectivity index (χ3v) is 3.93. The molecule has 0 amide bonds. The van der Waals surface area contributed by atoms with E-state index in [4.69, 9.17) is 0 Å². The molecule has 1 N–H and O–H groups in total. The van der Waals surface area contributed by atoms with Gasteiger partial charge in [-0.1, -0.05) is 18.2 Å². The van der Waals surface area contributed by atoms with Gasteiger partial charge in [-0.15, -0.1) is 11.3 Å². The monoisotopic (exact) mass is 245 g/mol. The number of aryl methyl sites for hydroxylation is 1. The molecule has 0 bridgehead atoms. The van der Waals surface area contributed by atoms with Crippen molar-refractivity contribution in [3.05, 3.63) is 40.9 Å². The number of nitrogens with zero attached hydrogens (tertiary/aromatic N) is 2. The summed E-state index contributed by atoms with van der Waals surface area (Å²) in [7, 11) is 0. The summed E-state index contributed by atoms with van der Waals surface area (Å²) in [4.78, 5) is 6.90. The molecule has 0 aliphatic carbocycles. The predicted octanol–water partition coefficient (Wildman–Crippen LogP) is 2.69. The van der Waals surface area contributed by atoms with Gasteiger partial charge in [0, 0.05) is 30.7 Å². The Labute approximate surface area is 105 Å². The average molecular weight is 245 g/mol. The summed E-state index contributed by atoms with van der Waals surface area (Å²) in [6, 6.07) is 8.55. The fraction of sp³-hybridized carbons (Fsp3) is 0.308. The highest BCUT2D eigenvalue weighted by Gasteiger charge is 2.17. The van der Waals surface area contributed by atoms with Gasteiger partial charge in [-0.05, 0) is 18.6 Å². The minimum atomic E-state index is 0.941. The molecule has 0 spiro atoms. The third kappa shape index (κ3) is 2.06. The summed E-state index contributed by atoms with van der Waals surface area (Å²) in [5.74, 6) is 0. The number of benzene rings is 1. The van der Waals surface area contributed by atoms with Gasteiger partial charge < -0.3 is 10.2 Å². The maximum Gasteiger partial charge on any atom is 0.190 e. The number of aromatic nitrogens is 1. The molecular formula is C13H15N3S. The molecule has 0 radical (unpaired) electrons. The van der Waals surface area contributed by atoms with E-state index in [1.807, 2.05) is 6.92 Å². The van der Waals surface area contributed by atoms with Crippen LogP contribution in [-0.4, -0.2) is 18.1 Å². The first-order chi connectivity index (χ1) is 8.34. The maximum absolute atomic E-state index is 4.59. The average Bonchev–Trinajstić information content (AvgIpc) is 2.66. The van der Waals surface area contributed by atoms with Crippen LogP contribution in [0.4, 0.5) is 10.8 Å². The molecule has 0 saturated heterocycles. The first-order valence-corrected chi connectivity index (χ1v) is 6.71. The van der Waals surface area contributed by atoms with Crippen LogP contribution in [0.3, 0.4) is 0 Å². The fourth-order valence-corrected chi connectivity index (χ4v) is 2.96. The molecule has 3 nitrogen and oxygen atoms in total. The van der Waals surface area contributed by atoms with E-state index < -0.39 is 0 Å². The Balaban J connectivity index is 2.05. The quantitative estimate of drug-likeness (QED) is 0.837. The molecule has 4 heteroatoms. The molecule has 88 valence electrons. The standard InChI is InChI=1S/C13H15N3S/c1-10-9-17-13(15-10)16-7-6-14-8-11-4-2-3-5-12(11)16/h2-5,9,14H,6-8H2,1H3. The first kappa shape index (κ1) is 10.7. The van der Waals surface area contributed by atoms with E-state index >= 15 is 0 Å². The zero-order chi connectivity index (χ0) is 11.7. The van der Waals surface area contributed by atoms with Crippen molar-refractivity contribution in [3.8, 4) is 0 Å². The molecule has 0 atom stereocenters. The lowest BCUT2D eigenvalue weighted by molar-refractivity contribution is 0.712. The Morgan fingerprint density at radius 2 is 2.24 bits per heavy atom. The van der Waals surface area contributed by atoms with E-state index in [9.17, 15) is 0 Å². The molecule has 0 fully saturated rings. The lowest BCUT2D eigenvalue weighted by Gasteiger charge is -2.21. The number of para-hydroxylation sites is 1. The predicted molar refractivity (Wildman–Crippen MR) is 72.0 cm³/mol. The van der Waals surface area contributed by atoms with Crippen LogP contribution in [0.1, 0.15) is 11.3 Å². The largest absolute Gasteiger partial charge is 0.316 e. The second-order valence-corrected chi connectivity index (χ2v) is 5.07. The number of hydrogen-bond acceptors (Lipinski definition) is 4. The van der Waals surface area contributed by atoms with Gasteiger partial charge in [0.25, 0.3) is 0 Å². The minimum Gasteiger partial charge on any atom is -0.316 e. The lowest BCUT2D eigenvalue weighted by atomic mass is 10.1. The molecule has 0 saturated carbocycles. The highest BCUT2D eigenvalue weighted by Crippen LogP contribution is 2.31. The molecule has 17 heavy (non-hydrogen) atoms. The van der Waals surface area contributed by atoms with Gasteiger partial charge in [0.05, 0.1) is 5.69 Å². The summed E-state index contributed by atoms with van der Waals surface area (Å²) < 4.78 is 0. The van der Waals surface area contributed by atoms with Gasteiger partial charge >= 0.3 is 0 Å². The maximum atomic E-state index is 4.59. The molecule has 0 unspecified atom stereocenters. The van der Waals surface area contributed by atoms with E-state index in [1.165, 1.54) is 11.3 Å². The van der Waals surface area contributed by atoms with Crippen molar-refractivity contribution < 1.29 is 0 Å². The van der Waals surface area contributed by atoms with Crippen LogP contribution in [0, 0.1) is 6.92 Å². The molecule has 2 heterocycles. The highest BCUT2D eigenvalue weighted by atomic mass is 32.1. The molecule has 1 aromatic heterocycles. The van der Waals surface area contributed by atoms with Crippen LogP contribution in [0.5, 0.6) is 0 Å². The number of hydrogen-bond donors (Lipinski definition) is 1. The summed E-state index contributed by atoms with van der Waals surface area (Å²) in [5.41, 5.74) is 3.73. The number of thiazole rings is 1. The Morgan fingerprint density at radius 1 is 1.35 bits per heavy atom. The van der Waals surface area contributed by atoms with Gasteiger partial charge in [0.15, 0.2) is 5.13 Å². The minimum absolute atomic E-state index is 0.941. The van der Waals surface area contributed by atoms with Gasteiger partial charge in [-0.25, -0.2) is 4.98 Å². The van der Waals surface area contributed by atoms with Crippen molar-refractivity contribution in [1.82, 2.24) is 10.3 Å². The van der Waals surface area contributed by atoms with Crippen molar-refractivity contribution in [3.63, 3.8) is 0 Å². The van der Waals surface area contributed by atoms with Crippen LogP contribution in [0.25, 0.3) is 0 Å². The highest BCUT2D eigenvalue weighted by molar-refractivity contribution is 7.13. The smallest absolute Gasteiger partial charge is 0.190 e. The molecule has 3 rings (SSSR count). The third-order valence-electron chi connectivity index (χ3n) is 2.95. The van der Waals surface area contributed by atoms with Crippen molar-refractivity contribution in [1.29, 1.82) is 0 Å². The fourth-order valence-electron chi connectivity index (χ4n) is 2.12. The second-order valence-electron chi connectivity index (χ2n) is 4.23. The second kappa shape index (κ2) is 4.47. The zero-order valence-corrected chi connectivity index (χ0v) is 10.6. The Kier molecular flexibility index (Phi) is 2.82. The summed E-state index contributed by atoms with van der Waals surface area (Å²) in [6.07, 6.45) is 0. The van der Waals surface area contributed by atoms with Crippen LogP contribution in [0.15, 0.2) is 29.6 Å². The van der Waals surface area contributed by atoms with Gasteiger partial charge in [-0.3, -0.25) is 0 Å². The molecule has 1 aromatic carbocycles. The Bertz CT molecular complexity index is 521. The number of fused-ring (bicyclic) bond motifs is 1. The van der Waals surface area contributed by atoms with Gasteiger partial charge in [0.1, 0.15) is 0 Å². The molecule has 2 aromatic rings. The number of rotatable bonds is 1. The van der Waals surface area contributed by atoms with E-state index in [0.717, 1.165) is 30.5 Å². The van der Waals surface area contributed by atoms with E-state index in [2.05, 4.69) is 44.8 Å². The summed E-state index contributed by atoms with van der Waals surface area (Å²) >= 11 is 1.72. The van der Waals surface area contributed by atoms with E-state index in [-0.39, 0.29) is 0 Å². The van der Waals surface area contributed by atoms with E-state index in [0.29, 0.717) is 0 Å². The van der Waals surface area contributed by atoms with Gasteiger partial charge in [-0.2, -0.15) is 0 Å². The lowest BCUT2D eigenvalue weighted by Crippen LogP contribution is -2.24. The van der Waals surface area contributed by atoms with Crippen molar-refractivity contribution in [2.45, 2.75) is 13.5 Å². The molecule has 1 aliphatic rings. The SMILES string of the molecule is Cc1csc(N2CCNCc3ccccc32)n1. The molecule has 1 aliphatic heterocycles. The number of nitrogens with one attached hydrogen (secondary N) is 1. The first-order valence-electron chi connectivity index (χ1n) is 5.83. The van der Waals surface area contributed by atoms with Crippen LogP contribution < -0.4 is 10.2 Å². The van der Waals surface area contributed by atoms with Crippen LogP contribution in [-0.2, 0) is 6.54 Å². The van der Waals surface area contributed by atoms with Crippen molar-refractivity contribution >= 4 is 22.2 Å². The Hall–Kier alpha value is -1.39. The zero-order valence-electron chi connectivity index (χ0n) is 9.81. The van der Waals surface area contributed by atoms with Crippen LogP contribution >= 0.6 is 11.3 Å². The van der Waals surface area contributed by atoms with Crippen molar-refractivity contribution in [2.24, 2.45) is 0 Å². The summed E-state index contributed by atoms with van der Waals surface area (Å²) in [6.45, 7) is 4.95. The number of anilines is 2. The normalized spacial score (nSPS) is 15.5. The van der Waals surface area contributed by atoms with Crippen molar-refractivity contribution in [2.75, 3.05) is 18.0 Å². The topological polar surface area (TPSA) is 28.2 Å².